The Labute approximate surface area is 159 Å². The van der Waals surface area contributed by atoms with Crippen LogP contribution in [0.1, 0.15) is 17.0 Å². The van der Waals surface area contributed by atoms with Gasteiger partial charge in [-0.3, -0.25) is 9.59 Å². The summed E-state index contributed by atoms with van der Waals surface area (Å²) in [5.74, 6) is 0.0111. The Kier molecular flexibility index (Phi) is 4.53. The molecule has 6 nitrogen and oxygen atoms in total. The van der Waals surface area contributed by atoms with Gasteiger partial charge in [-0.1, -0.05) is 0 Å². The summed E-state index contributed by atoms with van der Waals surface area (Å²) in [6.07, 6.45) is 2.19. The van der Waals surface area contributed by atoms with Crippen molar-refractivity contribution in [1.82, 2.24) is 19.9 Å². The third-order valence-electron chi connectivity index (χ3n) is 4.03. The maximum Gasteiger partial charge on any atom is 0.254 e. The number of amides is 1. The van der Waals surface area contributed by atoms with Crippen LogP contribution in [0.5, 0.6) is 0 Å². The van der Waals surface area contributed by atoms with Gasteiger partial charge in [-0.2, -0.15) is 0 Å². The number of aromatic amines is 1. The topological polar surface area (TPSA) is 79.0 Å². The molecule has 1 amide bonds. The Hall–Kier alpha value is -1.84. The minimum absolute atomic E-state index is 0.0111. The van der Waals surface area contributed by atoms with E-state index in [0.29, 0.717) is 30.8 Å². The third kappa shape index (κ3) is 3.44. The second-order valence-electron chi connectivity index (χ2n) is 5.67. The molecule has 0 saturated carbocycles. The van der Waals surface area contributed by atoms with Gasteiger partial charge in [0.1, 0.15) is 5.01 Å². The highest BCUT2D eigenvalue weighted by Gasteiger charge is 2.24. The highest BCUT2D eigenvalue weighted by molar-refractivity contribution is 9.10. The van der Waals surface area contributed by atoms with Crippen LogP contribution >= 0.6 is 38.6 Å². The number of carbonyl (C=O) groups is 1. The van der Waals surface area contributed by atoms with E-state index < -0.39 is 0 Å². The summed E-state index contributed by atoms with van der Waals surface area (Å²) >= 11 is 6.61. The zero-order valence-corrected chi connectivity index (χ0v) is 16.2. The molecule has 1 aliphatic heterocycles. The average molecular weight is 437 g/mol. The lowest BCUT2D eigenvalue weighted by molar-refractivity contribution is -0.131. The van der Waals surface area contributed by atoms with Gasteiger partial charge in [0.05, 0.1) is 35.6 Å². The second-order valence-corrected chi connectivity index (χ2v) is 8.36. The SMILES string of the molecule is O=C(Cc1csc(-c2cc(Br)cs2)n1)N1CCc2c(nc[nH]c2=O)C1. The van der Waals surface area contributed by atoms with E-state index in [0.717, 1.165) is 20.1 Å². The fraction of sp³-hybridized carbons (Fsp3) is 0.250. The van der Waals surface area contributed by atoms with Gasteiger partial charge in [0, 0.05) is 27.3 Å². The molecule has 0 radical (unpaired) electrons. The lowest BCUT2D eigenvalue weighted by Gasteiger charge is -2.27. The Morgan fingerprint density at radius 2 is 2.24 bits per heavy atom. The fourth-order valence-electron chi connectivity index (χ4n) is 2.77. The van der Waals surface area contributed by atoms with Gasteiger partial charge in [0.15, 0.2) is 0 Å². The van der Waals surface area contributed by atoms with E-state index in [1.807, 2.05) is 16.8 Å². The number of hydrogen-bond donors (Lipinski definition) is 1. The van der Waals surface area contributed by atoms with Crippen molar-refractivity contribution in [2.24, 2.45) is 0 Å². The van der Waals surface area contributed by atoms with Crippen LogP contribution in [0.25, 0.3) is 9.88 Å². The zero-order chi connectivity index (χ0) is 17.4. The summed E-state index contributed by atoms with van der Waals surface area (Å²) in [4.78, 5) is 38.5. The summed E-state index contributed by atoms with van der Waals surface area (Å²) in [5, 5.41) is 4.87. The van der Waals surface area contributed by atoms with E-state index in [1.165, 1.54) is 6.33 Å². The number of rotatable bonds is 3. The number of hydrogen-bond acceptors (Lipinski definition) is 6. The minimum atomic E-state index is -0.108. The van der Waals surface area contributed by atoms with Crippen molar-refractivity contribution >= 4 is 44.5 Å². The first-order valence-corrected chi connectivity index (χ1v) is 10.2. The van der Waals surface area contributed by atoms with Gasteiger partial charge < -0.3 is 9.88 Å². The molecule has 0 atom stereocenters. The lowest BCUT2D eigenvalue weighted by atomic mass is 10.1. The number of nitrogens with one attached hydrogen (secondary N) is 1. The molecule has 1 N–H and O–H groups in total. The van der Waals surface area contributed by atoms with Gasteiger partial charge >= 0.3 is 0 Å². The predicted octanol–water partition coefficient (Wildman–Crippen LogP) is 2.84. The number of halogens is 1. The van der Waals surface area contributed by atoms with Crippen LogP contribution in [0, 0.1) is 0 Å². The van der Waals surface area contributed by atoms with Crippen molar-refractivity contribution in [3.8, 4) is 9.88 Å². The highest BCUT2D eigenvalue weighted by atomic mass is 79.9. The molecule has 0 unspecified atom stereocenters. The standard InChI is InChI=1S/C16H13BrN4O2S2/c17-9-3-13(24-6-9)16-20-10(7-25-16)4-14(22)21-2-1-11-12(5-21)18-8-19-15(11)23/h3,6-8H,1-2,4-5H2,(H,18,19,23). The van der Waals surface area contributed by atoms with E-state index in [1.54, 1.807) is 27.6 Å². The molecule has 4 heterocycles. The van der Waals surface area contributed by atoms with Crippen molar-refractivity contribution in [3.63, 3.8) is 0 Å². The molecule has 0 saturated heterocycles. The van der Waals surface area contributed by atoms with E-state index in [2.05, 4.69) is 30.9 Å². The van der Waals surface area contributed by atoms with Crippen molar-refractivity contribution in [1.29, 1.82) is 0 Å². The summed E-state index contributed by atoms with van der Waals surface area (Å²) in [7, 11) is 0. The quantitative estimate of drug-likeness (QED) is 0.684. The number of fused-ring (bicyclic) bond motifs is 1. The first-order chi connectivity index (χ1) is 12.1. The van der Waals surface area contributed by atoms with Crippen molar-refractivity contribution < 1.29 is 4.79 Å². The van der Waals surface area contributed by atoms with Crippen LogP contribution in [0.2, 0.25) is 0 Å². The maximum absolute atomic E-state index is 12.6. The number of H-pyrrole nitrogens is 1. The Morgan fingerprint density at radius 1 is 1.36 bits per heavy atom. The predicted molar refractivity (Wildman–Crippen MR) is 101 cm³/mol. The normalized spacial score (nSPS) is 13.7. The van der Waals surface area contributed by atoms with Crippen molar-refractivity contribution in [2.75, 3.05) is 6.54 Å². The van der Waals surface area contributed by atoms with Gasteiger partial charge in [-0.15, -0.1) is 22.7 Å². The Balaban J connectivity index is 1.46. The molecular weight excluding hydrogens is 424 g/mol. The fourth-order valence-corrected chi connectivity index (χ4v) is 5.10. The molecule has 128 valence electrons. The first-order valence-electron chi connectivity index (χ1n) is 7.62. The molecule has 25 heavy (non-hydrogen) atoms. The van der Waals surface area contributed by atoms with Crippen molar-refractivity contribution in [2.45, 2.75) is 19.4 Å². The monoisotopic (exact) mass is 436 g/mol. The van der Waals surface area contributed by atoms with E-state index in [-0.39, 0.29) is 17.9 Å². The summed E-state index contributed by atoms with van der Waals surface area (Å²) < 4.78 is 1.04. The molecule has 3 aromatic heterocycles. The van der Waals surface area contributed by atoms with Crippen LogP contribution in [0.4, 0.5) is 0 Å². The number of carbonyl (C=O) groups excluding carboxylic acids is 1. The largest absolute Gasteiger partial charge is 0.336 e. The average Bonchev–Trinajstić information content (AvgIpc) is 3.23. The summed E-state index contributed by atoms with van der Waals surface area (Å²) in [6, 6.07) is 2.03. The lowest BCUT2D eigenvalue weighted by Crippen LogP contribution is -2.39. The molecule has 0 spiro atoms. The van der Waals surface area contributed by atoms with Gasteiger partial charge in [-0.25, -0.2) is 9.97 Å². The van der Waals surface area contributed by atoms with E-state index in [9.17, 15) is 9.59 Å². The van der Waals surface area contributed by atoms with Crippen LogP contribution in [-0.2, 0) is 24.2 Å². The third-order valence-corrected chi connectivity index (χ3v) is 6.78. The molecule has 3 aromatic rings. The number of nitrogens with zero attached hydrogens (tertiary/aromatic N) is 3. The molecular formula is C16H13BrN4O2S2. The molecule has 1 aliphatic rings. The summed E-state index contributed by atoms with van der Waals surface area (Å²) in [6.45, 7) is 0.919. The minimum Gasteiger partial charge on any atom is -0.336 e. The zero-order valence-electron chi connectivity index (χ0n) is 13.0. The number of thiophene rings is 1. The summed E-state index contributed by atoms with van der Waals surface area (Å²) in [5.41, 5.74) is 2.04. The van der Waals surface area contributed by atoms with Crippen LogP contribution < -0.4 is 5.56 Å². The molecule has 0 aromatic carbocycles. The maximum atomic E-state index is 12.6. The number of thiazole rings is 1. The van der Waals surface area contributed by atoms with E-state index >= 15 is 0 Å². The van der Waals surface area contributed by atoms with Crippen LogP contribution in [0.3, 0.4) is 0 Å². The molecule has 9 heteroatoms. The molecule has 0 bridgehead atoms. The smallest absolute Gasteiger partial charge is 0.254 e. The highest BCUT2D eigenvalue weighted by Crippen LogP contribution is 2.32. The van der Waals surface area contributed by atoms with E-state index in [4.69, 9.17) is 0 Å². The van der Waals surface area contributed by atoms with Gasteiger partial charge in [0.25, 0.3) is 5.56 Å². The van der Waals surface area contributed by atoms with Gasteiger partial charge in [0.2, 0.25) is 5.91 Å². The Bertz CT molecular complexity index is 994. The second kappa shape index (κ2) is 6.81. The van der Waals surface area contributed by atoms with Crippen molar-refractivity contribution in [3.05, 3.63) is 54.9 Å². The van der Waals surface area contributed by atoms with Gasteiger partial charge in [-0.05, 0) is 28.4 Å². The number of aromatic nitrogens is 3. The first kappa shape index (κ1) is 16.6. The van der Waals surface area contributed by atoms with Crippen LogP contribution in [0.15, 0.2) is 32.4 Å². The molecule has 0 fully saturated rings. The molecule has 0 aliphatic carbocycles. The molecule has 4 rings (SSSR count). The van der Waals surface area contributed by atoms with Crippen LogP contribution in [-0.4, -0.2) is 32.3 Å². The Morgan fingerprint density at radius 3 is 3.04 bits per heavy atom.